The Labute approximate surface area is 298 Å². The summed E-state index contributed by atoms with van der Waals surface area (Å²) in [5, 5.41) is 17.0. The predicted octanol–water partition coefficient (Wildman–Crippen LogP) is 6.26. The largest absolute Gasteiger partial charge is 0.497 e. The highest BCUT2D eigenvalue weighted by atomic mass is 16.6. The number of benzene rings is 3. The molecular weight excluding hydrogens is 644 g/mol. The number of aliphatic hydroxyl groups excluding tert-OH is 1. The summed E-state index contributed by atoms with van der Waals surface area (Å²) >= 11 is 0. The molecule has 1 saturated heterocycles. The second-order valence-electron chi connectivity index (χ2n) is 12.6. The standard InChI is InChI=1S/C40H44N6O5/c1-6-7-8-12-15-33-37-38(43-27-45(2)3)41-26-42-39(37)46(44-33)36-24-34(47)35(51-36)25-50-40(28-13-10-9-11-14-28,29-16-20-31(48-4)21-17-29)30-18-22-32(49-5)23-19-30/h9-11,13-14,16-23,26-27,34-36,47H,6-8,24-25H2,1-5H3/b43-27+/t34-,35+,36+/m0/s1. The molecule has 3 aromatic carbocycles. The average molecular weight is 689 g/mol. The van der Waals surface area contributed by atoms with Crippen LogP contribution in [0.3, 0.4) is 0 Å². The molecule has 1 fully saturated rings. The topological polar surface area (TPSA) is 116 Å². The molecule has 1 aliphatic rings. The van der Waals surface area contributed by atoms with E-state index in [1.165, 1.54) is 6.33 Å². The lowest BCUT2D eigenvalue weighted by Gasteiger charge is -2.37. The summed E-state index contributed by atoms with van der Waals surface area (Å²) in [7, 11) is 7.07. The van der Waals surface area contributed by atoms with Crippen LogP contribution >= 0.6 is 0 Å². The Morgan fingerprint density at radius 3 is 2.22 bits per heavy atom. The lowest BCUT2D eigenvalue weighted by molar-refractivity contribution is -0.0950. The molecule has 2 aromatic heterocycles. The number of unbranched alkanes of at least 4 members (excludes halogenated alkanes) is 2. The summed E-state index contributed by atoms with van der Waals surface area (Å²) in [6.07, 6.45) is 4.05. The van der Waals surface area contributed by atoms with Crippen molar-refractivity contribution in [2.45, 2.75) is 56.6 Å². The highest BCUT2D eigenvalue weighted by molar-refractivity contribution is 5.91. The first-order chi connectivity index (χ1) is 24.9. The zero-order valence-electron chi connectivity index (χ0n) is 29.7. The molecule has 0 radical (unpaired) electrons. The Bertz CT molecular complexity index is 1940. The van der Waals surface area contributed by atoms with E-state index in [0.29, 0.717) is 22.5 Å². The van der Waals surface area contributed by atoms with Crippen molar-refractivity contribution in [3.63, 3.8) is 0 Å². The first-order valence-electron chi connectivity index (χ1n) is 17.1. The number of aliphatic imine (C=N–C) groups is 1. The SMILES string of the molecule is CCCCC#Cc1nn([C@H]2C[C@H](O)[C@@H](COC(c3ccccc3)(c3ccc(OC)cc3)c3ccc(OC)cc3)O2)c2ncnc(/N=C/N(C)C)c12. The van der Waals surface area contributed by atoms with Crippen molar-refractivity contribution in [2.75, 3.05) is 34.9 Å². The number of nitrogens with zero attached hydrogens (tertiary/aromatic N) is 6. The van der Waals surface area contributed by atoms with Crippen molar-refractivity contribution in [3.05, 3.63) is 108 Å². The van der Waals surface area contributed by atoms with E-state index < -0.39 is 24.0 Å². The number of aliphatic hydroxyl groups is 1. The van der Waals surface area contributed by atoms with Gasteiger partial charge in [0.15, 0.2) is 17.7 Å². The van der Waals surface area contributed by atoms with Crippen LogP contribution in [-0.2, 0) is 15.1 Å². The molecule has 0 spiro atoms. The molecule has 0 amide bonds. The Morgan fingerprint density at radius 2 is 1.61 bits per heavy atom. The fraction of sp³-hybridized carbons (Fsp3) is 0.350. The van der Waals surface area contributed by atoms with Gasteiger partial charge in [0, 0.05) is 26.9 Å². The summed E-state index contributed by atoms with van der Waals surface area (Å²) < 4.78 is 26.3. The molecule has 11 nitrogen and oxygen atoms in total. The average Bonchev–Trinajstić information content (AvgIpc) is 3.73. The van der Waals surface area contributed by atoms with Gasteiger partial charge < -0.3 is 29.0 Å². The Kier molecular flexibility index (Phi) is 11.3. The number of fused-ring (bicyclic) bond motifs is 1. The number of rotatable bonds is 13. The van der Waals surface area contributed by atoms with Crippen molar-refractivity contribution in [1.82, 2.24) is 24.6 Å². The van der Waals surface area contributed by atoms with Gasteiger partial charge in [0.1, 0.15) is 35.2 Å². The molecular formula is C40H44N6O5. The highest BCUT2D eigenvalue weighted by Crippen LogP contribution is 2.43. The second kappa shape index (κ2) is 16.2. The maximum atomic E-state index is 11.5. The third-order valence-electron chi connectivity index (χ3n) is 8.86. The van der Waals surface area contributed by atoms with Gasteiger partial charge in [-0.2, -0.15) is 5.10 Å². The van der Waals surface area contributed by atoms with Crippen molar-refractivity contribution >= 4 is 23.2 Å². The summed E-state index contributed by atoms with van der Waals surface area (Å²) in [6.45, 7) is 2.20. The van der Waals surface area contributed by atoms with Crippen molar-refractivity contribution in [2.24, 2.45) is 4.99 Å². The number of ether oxygens (including phenoxy) is 4. The van der Waals surface area contributed by atoms with E-state index in [-0.39, 0.29) is 13.0 Å². The zero-order chi connectivity index (χ0) is 35.8. The smallest absolute Gasteiger partial charge is 0.169 e. The molecule has 0 bridgehead atoms. The van der Waals surface area contributed by atoms with Gasteiger partial charge in [0.2, 0.25) is 0 Å². The zero-order valence-corrected chi connectivity index (χ0v) is 29.7. The minimum absolute atomic E-state index is 0.0703. The lowest BCUT2D eigenvalue weighted by atomic mass is 9.80. The number of hydrogen-bond acceptors (Lipinski definition) is 9. The van der Waals surface area contributed by atoms with Gasteiger partial charge in [0.25, 0.3) is 0 Å². The van der Waals surface area contributed by atoms with Crippen LogP contribution in [0.15, 0.2) is 90.2 Å². The Hall–Kier alpha value is -5.28. The molecule has 0 unspecified atom stereocenters. The summed E-state index contributed by atoms with van der Waals surface area (Å²) in [5.74, 6) is 8.38. The molecule has 1 aliphatic heterocycles. The normalized spacial score (nSPS) is 17.4. The van der Waals surface area contributed by atoms with Gasteiger partial charge in [-0.15, -0.1) is 0 Å². The van der Waals surface area contributed by atoms with Gasteiger partial charge in [-0.1, -0.05) is 73.9 Å². The first-order valence-corrected chi connectivity index (χ1v) is 17.1. The second-order valence-corrected chi connectivity index (χ2v) is 12.6. The number of aromatic nitrogens is 4. The van der Waals surface area contributed by atoms with E-state index in [1.807, 2.05) is 97.9 Å². The third-order valence-corrected chi connectivity index (χ3v) is 8.86. The molecule has 5 aromatic rings. The van der Waals surface area contributed by atoms with Gasteiger partial charge in [-0.3, -0.25) is 0 Å². The van der Waals surface area contributed by atoms with Crippen LogP contribution in [0.2, 0.25) is 0 Å². The van der Waals surface area contributed by atoms with E-state index in [4.69, 9.17) is 24.0 Å². The third kappa shape index (κ3) is 7.59. The summed E-state index contributed by atoms with van der Waals surface area (Å²) in [6, 6.07) is 25.7. The molecule has 264 valence electrons. The molecule has 3 atom stereocenters. The molecule has 51 heavy (non-hydrogen) atoms. The van der Waals surface area contributed by atoms with Crippen LogP contribution < -0.4 is 9.47 Å². The van der Waals surface area contributed by atoms with Gasteiger partial charge >= 0.3 is 0 Å². The fourth-order valence-electron chi connectivity index (χ4n) is 6.22. The maximum absolute atomic E-state index is 11.5. The van der Waals surface area contributed by atoms with Crippen LogP contribution in [0, 0.1) is 11.8 Å². The first kappa shape index (κ1) is 35.5. The molecule has 3 heterocycles. The molecule has 0 aliphatic carbocycles. The Morgan fingerprint density at radius 1 is 0.961 bits per heavy atom. The Balaban J connectivity index is 1.36. The highest BCUT2D eigenvalue weighted by Gasteiger charge is 2.42. The van der Waals surface area contributed by atoms with Gasteiger partial charge in [-0.05, 0) is 53.3 Å². The molecule has 0 saturated carbocycles. The predicted molar refractivity (Wildman–Crippen MR) is 196 cm³/mol. The van der Waals surface area contributed by atoms with Crippen molar-refractivity contribution < 1.29 is 24.1 Å². The summed E-state index contributed by atoms with van der Waals surface area (Å²) in [5.41, 5.74) is 2.67. The van der Waals surface area contributed by atoms with Crippen LogP contribution in [0.4, 0.5) is 5.82 Å². The number of methoxy groups -OCH3 is 2. The molecule has 6 rings (SSSR count). The van der Waals surface area contributed by atoms with E-state index in [0.717, 1.165) is 47.5 Å². The lowest BCUT2D eigenvalue weighted by Crippen LogP contribution is -2.38. The van der Waals surface area contributed by atoms with Crippen LogP contribution in [0.1, 0.15) is 61.2 Å². The van der Waals surface area contributed by atoms with Crippen molar-refractivity contribution in [3.8, 4) is 23.3 Å². The fourth-order valence-corrected chi connectivity index (χ4v) is 6.22. The van der Waals surface area contributed by atoms with Gasteiger partial charge in [-0.25, -0.2) is 19.6 Å². The quantitative estimate of drug-likeness (QED) is 0.0503. The van der Waals surface area contributed by atoms with Crippen LogP contribution in [0.25, 0.3) is 11.0 Å². The maximum Gasteiger partial charge on any atom is 0.169 e. The summed E-state index contributed by atoms with van der Waals surface area (Å²) in [4.78, 5) is 15.4. The van der Waals surface area contributed by atoms with E-state index in [1.54, 1.807) is 25.2 Å². The molecule has 1 N–H and O–H groups in total. The molecule has 11 heteroatoms. The minimum atomic E-state index is -1.06. The van der Waals surface area contributed by atoms with E-state index in [9.17, 15) is 5.11 Å². The minimum Gasteiger partial charge on any atom is -0.497 e. The van der Waals surface area contributed by atoms with Crippen LogP contribution in [-0.4, -0.2) is 83.2 Å². The monoisotopic (exact) mass is 688 g/mol. The van der Waals surface area contributed by atoms with E-state index in [2.05, 4.69) is 33.7 Å². The van der Waals surface area contributed by atoms with Crippen molar-refractivity contribution in [1.29, 1.82) is 0 Å². The number of hydrogen-bond donors (Lipinski definition) is 1. The van der Waals surface area contributed by atoms with Crippen LogP contribution in [0.5, 0.6) is 11.5 Å². The van der Waals surface area contributed by atoms with Gasteiger partial charge in [0.05, 0.1) is 38.7 Å². The van der Waals surface area contributed by atoms with E-state index >= 15 is 0 Å².